The predicted molar refractivity (Wildman–Crippen MR) is 130 cm³/mol. The quantitative estimate of drug-likeness (QED) is 0.655. The van der Waals surface area contributed by atoms with Gasteiger partial charge in [-0.1, -0.05) is 12.1 Å². The van der Waals surface area contributed by atoms with Gasteiger partial charge >= 0.3 is 12.1 Å². The minimum absolute atomic E-state index is 0.00428. The number of nitrogens with one attached hydrogen (secondary N) is 2. The molecule has 0 unspecified atom stereocenters. The van der Waals surface area contributed by atoms with Crippen LogP contribution in [-0.4, -0.2) is 57.7 Å². The minimum atomic E-state index is -0.556. The van der Waals surface area contributed by atoms with Gasteiger partial charge in [-0.3, -0.25) is 9.88 Å². The maximum Gasteiger partial charge on any atom is 0.410 e. The summed E-state index contributed by atoms with van der Waals surface area (Å²) in [5, 5.41) is 5.23. The number of rotatable bonds is 4. The Morgan fingerprint density at radius 3 is 2.38 bits per heavy atom. The van der Waals surface area contributed by atoms with Gasteiger partial charge < -0.3 is 20.3 Å². The molecule has 3 rings (SSSR count). The molecule has 34 heavy (non-hydrogen) atoms. The molecule has 1 fully saturated rings. The molecular formula is C25H34FN5O3. The average Bonchev–Trinajstić information content (AvgIpc) is 2.73. The number of pyridine rings is 1. The molecule has 0 saturated carbocycles. The fourth-order valence-electron chi connectivity index (χ4n) is 3.97. The van der Waals surface area contributed by atoms with Gasteiger partial charge in [-0.15, -0.1) is 0 Å². The van der Waals surface area contributed by atoms with Crippen LogP contribution in [0.15, 0.2) is 36.5 Å². The van der Waals surface area contributed by atoms with Crippen LogP contribution >= 0.6 is 0 Å². The third kappa shape index (κ3) is 6.66. The highest BCUT2D eigenvalue weighted by Gasteiger charge is 2.34. The number of aryl methyl sites for hydroxylation is 1. The van der Waals surface area contributed by atoms with Crippen LogP contribution in [0.1, 0.15) is 45.9 Å². The van der Waals surface area contributed by atoms with Crippen LogP contribution in [0.3, 0.4) is 0 Å². The fourth-order valence-corrected chi connectivity index (χ4v) is 3.97. The van der Waals surface area contributed by atoms with Gasteiger partial charge in [0, 0.05) is 43.0 Å². The van der Waals surface area contributed by atoms with E-state index in [2.05, 4.69) is 20.5 Å². The number of hydrogen-bond donors (Lipinski definition) is 2. The summed E-state index contributed by atoms with van der Waals surface area (Å²) in [5.74, 6) is -0.478. The molecular weight excluding hydrogens is 437 g/mol. The summed E-state index contributed by atoms with van der Waals surface area (Å²) < 4.78 is 20.8. The molecule has 9 heteroatoms. The van der Waals surface area contributed by atoms with E-state index in [1.807, 2.05) is 41.5 Å². The van der Waals surface area contributed by atoms with Crippen molar-refractivity contribution in [2.45, 2.75) is 65.8 Å². The highest BCUT2D eigenvalue weighted by atomic mass is 19.1. The Kier molecular flexibility index (Phi) is 7.76. The number of urea groups is 1. The van der Waals surface area contributed by atoms with Crippen LogP contribution in [0.2, 0.25) is 0 Å². The Morgan fingerprint density at radius 1 is 1.12 bits per heavy atom. The SMILES string of the molecule is Cc1ccc(NC(=O)Nc2cccc(CN3[C@H](C)CN(C(=O)OC(C)(C)C)C[C@@H]3C)c2F)cn1. The number of piperazine rings is 1. The molecule has 0 spiro atoms. The van der Waals surface area contributed by atoms with Gasteiger partial charge in [0.2, 0.25) is 0 Å². The second-order valence-electron chi connectivity index (χ2n) is 9.80. The molecule has 8 nitrogen and oxygen atoms in total. The summed E-state index contributed by atoms with van der Waals surface area (Å²) in [6.07, 6.45) is 1.21. The first-order chi connectivity index (χ1) is 15.9. The number of ether oxygens (including phenoxy) is 1. The Bertz CT molecular complexity index is 1010. The van der Waals surface area contributed by atoms with Crippen molar-refractivity contribution in [1.82, 2.24) is 14.8 Å². The zero-order valence-electron chi connectivity index (χ0n) is 20.7. The molecule has 0 aliphatic carbocycles. The number of carbonyl (C=O) groups is 2. The highest BCUT2D eigenvalue weighted by molar-refractivity contribution is 5.99. The number of carbonyl (C=O) groups excluding carboxylic acids is 2. The number of aromatic nitrogens is 1. The van der Waals surface area contributed by atoms with E-state index >= 15 is 4.39 Å². The largest absolute Gasteiger partial charge is 0.444 e. The zero-order chi connectivity index (χ0) is 25.0. The van der Waals surface area contributed by atoms with Gasteiger partial charge in [0.05, 0.1) is 17.6 Å². The third-order valence-electron chi connectivity index (χ3n) is 5.60. The van der Waals surface area contributed by atoms with Gasteiger partial charge in [-0.2, -0.15) is 0 Å². The van der Waals surface area contributed by atoms with Crippen molar-refractivity contribution in [2.24, 2.45) is 0 Å². The van der Waals surface area contributed by atoms with Gasteiger partial charge in [0.25, 0.3) is 0 Å². The molecule has 1 aliphatic heterocycles. The van der Waals surface area contributed by atoms with E-state index in [1.165, 1.54) is 6.07 Å². The lowest BCUT2D eigenvalue weighted by Crippen LogP contribution is -2.58. The van der Waals surface area contributed by atoms with Crippen molar-refractivity contribution in [3.05, 3.63) is 53.6 Å². The third-order valence-corrected chi connectivity index (χ3v) is 5.60. The number of hydrogen-bond acceptors (Lipinski definition) is 5. The number of anilines is 2. The second kappa shape index (κ2) is 10.4. The summed E-state index contributed by atoms with van der Waals surface area (Å²) in [4.78, 5) is 32.8. The van der Waals surface area contributed by atoms with Gasteiger partial charge in [-0.05, 0) is 59.7 Å². The first kappa shape index (κ1) is 25.4. The van der Waals surface area contributed by atoms with Gasteiger partial charge in [-0.25, -0.2) is 14.0 Å². The predicted octanol–water partition coefficient (Wildman–Crippen LogP) is 5.00. The van der Waals surface area contributed by atoms with E-state index in [1.54, 1.807) is 35.4 Å². The van der Waals surface area contributed by atoms with Crippen LogP contribution in [0.4, 0.5) is 25.4 Å². The Morgan fingerprint density at radius 2 is 1.79 bits per heavy atom. The van der Waals surface area contributed by atoms with Crippen molar-refractivity contribution >= 4 is 23.5 Å². The van der Waals surface area contributed by atoms with Crippen molar-refractivity contribution < 1.29 is 18.7 Å². The monoisotopic (exact) mass is 471 g/mol. The Balaban J connectivity index is 1.64. The molecule has 3 amide bonds. The minimum Gasteiger partial charge on any atom is -0.444 e. The van der Waals surface area contributed by atoms with Gasteiger partial charge in [0.1, 0.15) is 5.60 Å². The van der Waals surface area contributed by atoms with Crippen molar-refractivity contribution in [3.8, 4) is 0 Å². The Hall–Kier alpha value is -3.20. The summed E-state index contributed by atoms with van der Waals surface area (Å²) in [6, 6.07) is 7.92. The van der Waals surface area contributed by atoms with E-state index in [-0.39, 0.29) is 23.9 Å². The van der Waals surface area contributed by atoms with Crippen LogP contribution in [0.5, 0.6) is 0 Å². The molecule has 0 bridgehead atoms. The maximum absolute atomic E-state index is 15.3. The van der Waals surface area contributed by atoms with Crippen LogP contribution < -0.4 is 10.6 Å². The molecule has 1 saturated heterocycles. The number of benzene rings is 1. The molecule has 1 aliphatic rings. The molecule has 2 aromatic rings. The fraction of sp³-hybridized carbons (Fsp3) is 0.480. The normalized spacial score (nSPS) is 19.0. The summed E-state index contributed by atoms with van der Waals surface area (Å²) >= 11 is 0. The number of amides is 3. The van der Waals surface area contributed by atoms with E-state index in [0.717, 1.165) is 5.69 Å². The van der Waals surface area contributed by atoms with E-state index in [4.69, 9.17) is 4.74 Å². The summed E-state index contributed by atoms with van der Waals surface area (Å²) in [7, 11) is 0. The van der Waals surface area contributed by atoms with Crippen LogP contribution in [0.25, 0.3) is 0 Å². The first-order valence-electron chi connectivity index (χ1n) is 11.4. The molecule has 1 aromatic carbocycles. The first-order valence-corrected chi connectivity index (χ1v) is 11.4. The molecule has 2 atom stereocenters. The van der Waals surface area contributed by atoms with E-state index in [0.29, 0.717) is 30.9 Å². The lowest BCUT2D eigenvalue weighted by atomic mass is 10.1. The van der Waals surface area contributed by atoms with E-state index < -0.39 is 17.4 Å². The molecule has 2 N–H and O–H groups in total. The zero-order valence-corrected chi connectivity index (χ0v) is 20.7. The second-order valence-corrected chi connectivity index (χ2v) is 9.80. The maximum atomic E-state index is 15.3. The number of nitrogens with zero attached hydrogens (tertiary/aromatic N) is 3. The summed E-state index contributed by atoms with van der Waals surface area (Å²) in [6.45, 7) is 12.7. The lowest BCUT2D eigenvalue weighted by Gasteiger charge is -2.44. The van der Waals surface area contributed by atoms with Crippen molar-refractivity contribution in [2.75, 3.05) is 23.7 Å². The number of halogens is 1. The smallest absolute Gasteiger partial charge is 0.410 e. The van der Waals surface area contributed by atoms with Gasteiger partial charge in [0.15, 0.2) is 5.82 Å². The molecule has 184 valence electrons. The van der Waals surface area contributed by atoms with Crippen LogP contribution in [0, 0.1) is 12.7 Å². The highest BCUT2D eigenvalue weighted by Crippen LogP contribution is 2.25. The van der Waals surface area contributed by atoms with Crippen molar-refractivity contribution in [1.29, 1.82) is 0 Å². The molecule has 1 aromatic heterocycles. The standard InChI is InChI=1S/C25H34FN5O3/c1-16-10-11-20(12-27-16)28-23(32)29-21-9-7-8-19(22(21)26)15-31-17(2)13-30(14-18(31)3)24(33)34-25(4,5)6/h7-12,17-18H,13-15H2,1-6H3,(H2,28,29,32)/t17-,18+. The van der Waals surface area contributed by atoms with Crippen molar-refractivity contribution in [3.63, 3.8) is 0 Å². The van der Waals surface area contributed by atoms with Crippen LogP contribution in [-0.2, 0) is 11.3 Å². The molecule has 0 radical (unpaired) electrons. The summed E-state index contributed by atoms with van der Waals surface area (Å²) in [5.41, 5.74) is 1.37. The lowest BCUT2D eigenvalue weighted by molar-refractivity contribution is -0.00990. The molecule has 2 heterocycles. The average molecular weight is 472 g/mol. The topological polar surface area (TPSA) is 86.8 Å². The Labute approximate surface area is 200 Å². The van der Waals surface area contributed by atoms with E-state index in [9.17, 15) is 9.59 Å².